The van der Waals surface area contributed by atoms with Gasteiger partial charge in [0, 0.05) is 5.69 Å². The Bertz CT molecular complexity index is 899. The van der Waals surface area contributed by atoms with Gasteiger partial charge >= 0.3 is 0 Å². The van der Waals surface area contributed by atoms with E-state index in [4.69, 9.17) is 9.73 Å². The van der Waals surface area contributed by atoms with E-state index in [2.05, 4.69) is 22.2 Å². The zero-order valence-electron chi connectivity index (χ0n) is 13.7. The van der Waals surface area contributed by atoms with E-state index < -0.39 is 0 Å². The minimum Gasteiger partial charge on any atom is -0.474 e. The molecule has 1 aliphatic rings. The van der Waals surface area contributed by atoms with Crippen molar-refractivity contribution < 1.29 is 4.74 Å². The Hall–Kier alpha value is -2.95. The lowest BCUT2D eigenvalue weighted by Crippen LogP contribution is -2.08. The highest BCUT2D eigenvalue weighted by molar-refractivity contribution is 5.93. The molecule has 1 aromatic carbocycles. The van der Waals surface area contributed by atoms with Gasteiger partial charge in [0.25, 0.3) is 0 Å². The number of rotatable bonds is 3. The quantitative estimate of drug-likeness (QED) is 0.743. The number of aliphatic imine (C=N–C) groups is 1. The standard InChI is InChI=1S/C19H18N4O/c1-13-11-14(2)23(22-13)18-10-6-9-16(20-18)19-21-17(12-24-19)15-7-4-3-5-8-15/h3-11,17H,12H2,1-2H3/t17-/m1/s1. The molecular weight excluding hydrogens is 300 g/mol. The average Bonchev–Trinajstić information content (AvgIpc) is 3.22. The topological polar surface area (TPSA) is 52.3 Å². The van der Waals surface area contributed by atoms with Gasteiger partial charge in [0.2, 0.25) is 5.90 Å². The van der Waals surface area contributed by atoms with Crippen LogP contribution in [0.3, 0.4) is 0 Å². The lowest BCUT2D eigenvalue weighted by molar-refractivity contribution is 0.319. The van der Waals surface area contributed by atoms with Crippen LogP contribution in [0, 0.1) is 13.8 Å². The van der Waals surface area contributed by atoms with Gasteiger partial charge in [0.15, 0.2) is 5.82 Å². The molecule has 5 heteroatoms. The fourth-order valence-electron chi connectivity index (χ4n) is 2.88. The molecule has 120 valence electrons. The van der Waals surface area contributed by atoms with Crippen molar-refractivity contribution in [2.45, 2.75) is 19.9 Å². The summed E-state index contributed by atoms with van der Waals surface area (Å²) in [4.78, 5) is 9.37. The minimum absolute atomic E-state index is 0.0281. The lowest BCUT2D eigenvalue weighted by atomic mass is 10.1. The second-order valence-electron chi connectivity index (χ2n) is 5.89. The SMILES string of the molecule is Cc1cc(C)n(-c2cccc(C3=N[C@@H](c4ccccc4)CO3)n2)n1. The van der Waals surface area contributed by atoms with Gasteiger partial charge in [-0.25, -0.2) is 14.7 Å². The van der Waals surface area contributed by atoms with E-state index >= 15 is 0 Å². The van der Waals surface area contributed by atoms with Crippen molar-refractivity contribution in [2.24, 2.45) is 4.99 Å². The van der Waals surface area contributed by atoms with E-state index in [1.807, 2.05) is 61.0 Å². The summed E-state index contributed by atoms with van der Waals surface area (Å²) in [6, 6.07) is 18.0. The van der Waals surface area contributed by atoms with E-state index in [1.54, 1.807) is 0 Å². The Morgan fingerprint density at radius 1 is 1.04 bits per heavy atom. The highest BCUT2D eigenvalue weighted by Gasteiger charge is 2.22. The molecular formula is C19H18N4O. The fraction of sp³-hybridized carbons (Fsp3) is 0.211. The molecule has 0 saturated heterocycles. The molecule has 4 rings (SSSR count). The van der Waals surface area contributed by atoms with Crippen molar-refractivity contribution in [1.82, 2.24) is 14.8 Å². The van der Waals surface area contributed by atoms with Gasteiger partial charge in [-0.1, -0.05) is 36.4 Å². The third kappa shape index (κ3) is 2.69. The number of hydrogen-bond donors (Lipinski definition) is 0. The normalized spacial score (nSPS) is 16.8. The second kappa shape index (κ2) is 5.92. The molecule has 0 spiro atoms. The summed E-state index contributed by atoms with van der Waals surface area (Å²) in [6.45, 7) is 4.54. The zero-order valence-corrected chi connectivity index (χ0v) is 13.7. The van der Waals surface area contributed by atoms with Gasteiger partial charge in [-0.2, -0.15) is 5.10 Å². The molecule has 1 aliphatic heterocycles. The van der Waals surface area contributed by atoms with Crippen molar-refractivity contribution in [1.29, 1.82) is 0 Å². The van der Waals surface area contributed by atoms with Gasteiger partial charge in [-0.3, -0.25) is 0 Å². The highest BCUT2D eigenvalue weighted by Crippen LogP contribution is 2.24. The third-order valence-electron chi connectivity index (χ3n) is 4.02. The number of aromatic nitrogens is 3. The summed E-state index contributed by atoms with van der Waals surface area (Å²) in [5.74, 6) is 1.36. The molecule has 0 unspecified atom stereocenters. The maximum absolute atomic E-state index is 5.79. The average molecular weight is 318 g/mol. The first-order chi connectivity index (χ1) is 11.7. The van der Waals surface area contributed by atoms with Gasteiger partial charge in [0.05, 0.1) is 5.69 Å². The Morgan fingerprint density at radius 3 is 2.62 bits per heavy atom. The summed E-state index contributed by atoms with van der Waals surface area (Å²) >= 11 is 0. The highest BCUT2D eigenvalue weighted by atomic mass is 16.5. The number of aryl methyl sites for hydroxylation is 2. The lowest BCUT2D eigenvalue weighted by Gasteiger charge is -2.06. The van der Waals surface area contributed by atoms with Crippen molar-refractivity contribution in [2.75, 3.05) is 6.61 Å². The first-order valence-corrected chi connectivity index (χ1v) is 7.97. The molecule has 2 aromatic heterocycles. The molecule has 0 saturated carbocycles. The number of pyridine rings is 1. The Kier molecular flexibility index (Phi) is 3.61. The predicted octanol–water partition coefficient (Wildman–Crippen LogP) is 3.40. The van der Waals surface area contributed by atoms with Crippen molar-refractivity contribution in [3.05, 3.63) is 77.2 Å². The minimum atomic E-state index is 0.0281. The monoisotopic (exact) mass is 318 g/mol. The van der Waals surface area contributed by atoms with Gasteiger partial charge in [-0.15, -0.1) is 0 Å². The van der Waals surface area contributed by atoms with Crippen LogP contribution in [0.1, 0.15) is 28.7 Å². The van der Waals surface area contributed by atoms with E-state index in [-0.39, 0.29) is 6.04 Å². The van der Waals surface area contributed by atoms with Crippen LogP contribution in [0.5, 0.6) is 0 Å². The number of ether oxygens (including phenoxy) is 1. The molecule has 0 aliphatic carbocycles. The fourth-order valence-corrected chi connectivity index (χ4v) is 2.88. The van der Waals surface area contributed by atoms with Gasteiger partial charge < -0.3 is 4.74 Å². The summed E-state index contributed by atoms with van der Waals surface area (Å²) in [6.07, 6.45) is 0. The van der Waals surface area contributed by atoms with Crippen molar-refractivity contribution in [3.8, 4) is 5.82 Å². The number of benzene rings is 1. The summed E-state index contributed by atoms with van der Waals surface area (Å²) in [7, 11) is 0. The van der Waals surface area contributed by atoms with Crippen LogP contribution < -0.4 is 0 Å². The zero-order chi connectivity index (χ0) is 16.5. The molecule has 0 radical (unpaired) electrons. The van der Waals surface area contributed by atoms with Crippen molar-refractivity contribution in [3.63, 3.8) is 0 Å². The van der Waals surface area contributed by atoms with E-state index in [9.17, 15) is 0 Å². The van der Waals surface area contributed by atoms with E-state index in [1.165, 1.54) is 0 Å². The number of hydrogen-bond acceptors (Lipinski definition) is 4. The first kappa shape index (κ1) is 14.6. The molecule has 0 fully saturated rings. The van der Waals surface area contributed by atoms with Crippen LogP contribution in [0.4, 0.5) is 0 Å². The molecule has 5 nitrogen and oxygen atoms in total. The molecule has 24 heavy (non-hydrogen) atoms. The largest absolute Gasteiger partial charge is 0.474 e. The number of nitrogens with zero attached hydrogens (tertiary/aromatic N) is 4. The second-order valence-corrected chi connectivity index (χ2v) is 5.89. The Balaban J connectivity index is 1.66. The predicted molar refractivity (Wildman–Crippen MR) is 92.5 cm³/mol. The van der Waals surface area contributed by atoms with Crippen LogP contribution in [0.2, 0.25) is 0 Å². The van der Waals surface area contributed by atoms with Crippen LogP contribution >= 0.6 is 0 Å². The maximum Gasteiger partial charge on any atom is 0.236 e. The summed E-state index contributed by atoms with van der Waals surface area (Å²) in [5, 5.41) is 4.48. The molecule has 0 N–H and O–H groups in total. The smallest absolute Gasteiger partial charge is 0.236 e. The third-order valence-corrected chi connectivity index (χ3v) is 4.02. The summed E-state index contributed by atoms with van der Waals surface area (Å²) < 4.78 is 7.63. The molecule has 3 heterocycles. The molecule has 3 aromatic rings. The van der Waals surface area contributed by atoms with E-state index in [0.717, 1.165) is 28.5 Å². The molecule has 0 amide bonds. The van der Waals surface area contributed by atoms with Crippen LogP contribution in [0.15, 0.2) is 59.6 Å². The molecule has 0 bridgehead atoms. The Morgan fingerprint density at radius 2 is 1.88 bits per heavy atom. The van der Waals surface area contributed by atoms with Gasteiger partial charge in [-0.05, 0) is 37.6 Å². The van der Waals surface area contributed by atoms with Crippen LogP contribution in [-0.2, 0) is 4.74 Å². The van der Waals surface area contributed by atoms with Gasteiger partial charge in [0.1, 0.15) is 18.3 Å². The maximum atomic E-state index is 5.79. The van der Waals surface area contributed by atoms with Crippen molar-refractivity contribution >= 4 is 5.90 Å². The molecule has 1 atom stereocenters. The van der Waals surface area contributed by atoms with E-state index in [0.29, 0.717) is 12.5 Å². The van der Waals surface area contributed by atoms with Crippen LogP contribution in [0.25, 0.3) is 5.82 Å². The first-order valence-electron chi connectivity index (χ1n) is 7.97. The Labute approximate surface area is 140 Å². The summed E-state index contributed by atoms with van der Waals surface area (Å²) in [5.41, 5.74) is 3.91. The van der Waals surface area contributed by atoms with Crippen LogP contribution in [-0.4, -0.2) is 27.3 Å².